The lowest BCUT2D eigenvalue weighted by Gasteiger charge is -2.06. The Balaban J connectivity index is 1.85. The lowest BCUT2D eigenvalue weighted by Crippen LogP contribution is -1.88. The smallest absolute Gasteiger partial charge is 0.133 e. The maximum Gasteiger partial charge on any atom is 0.133 e. The van der Waals surface area contributed by atoms with E-state index in [9.17, 15) is 0 Å². The van der Waals surface area contributed by atoms with Crippen molar-refractivity contribution in [1.29, 1.82) is 0 Å². The monoisotopic (exact) mass is 296 g/mol. The van der Waals surface area contributed by atoms with Gasteiger partial charge in [-0.05, 0) is 24.3 Å². The predicted octanol–water partition coefficient (Wildman–Crippen LogP) is 4.78. The van der Waals surface area contributed by atoms with Crippen LogP contribution in [-0.2, 0) is 0 Å². The largest absolute Gasteiger partial charge is 0.245 e. The highest BCUT2D eigenvalue weighted by Gasteiger charge is 2.08. The number of benzene rings is 2. The van der Waals surface area contributed by atoms with E-state index in [-0.39, 0.29) is 0 Å². The van der Waals surface area contributed by atoms with Crippen molar-refractivity contribution < 1.29 is 0 Å². The Morgan fingerprint density at radius 2 is 0.950 bits per heavy atom. The molecule has 0 saturated carbocycles. The van der Waals surface area contributed by atoms with Crippen LogP contribution in [0.3, 0.4) is 0 Å². The quantitative estimate of drug-likeness (QED) is 0.692. The molecular weight excluding hydrogens is 284 g/mol. The molecule has 2 nitrogen and oxygen atoms in total. The Bertz CT molecular complexity index is 612. The average Bonchev–Trinajstić information content (AvgIpc) is 2.51. The molecule has 0 N–H and O–H groups in total. The highest BCUT2D eigenvalue weighted by molar-refractivity contribution is 8.02. The van der Waals surface area contributed by atoms with E-state index in [0.717, 1.165) is 10.1 Å². The maximum atomic E-state index is 4.45. The van der Waals surface area contributed by atoms with Gasteiger partial charge in [0.25, 0.3) is 0 Å². The van der Waals surface area contributed by atoms with E-state index in [1.54, 1.807) is 35.9 Å². The van der Waals surface area contributed by atoms with E-state index in [1.165, 1.54) is 9.79 Å². The highest BCUT2D eigenvalue weighted by atomic mass is 32.2. The van der Waals surface area contributed by atoms with E-state index < -0.39 is 0 Å². The van der Waals surface area contributed by atoms with Crippen molar-refractivity contribution in [1.82, 2.24) is 9.97 Å². The number of hydrogen-bond acceptors (Lipinski definition) is 4. The van der Waals surface area contributed by atoms with Crippen LogP contribution < -0.4 is 0 Å². The zero-order chi connectivity index (χ0) is 13.6. The molecule has 0 amide bonds. The first kappa shape index (κ1) is 13.2. The summed E-state index contributed by atoms with van der Waals surface area (Å²) in [6, 6.07) is 20.5. The average molecular weight is 296 g/mol. The van der Waals surface area contributed by atoms with Crippen molar-refractivity contribution in [2.75, 3.05) is 0 Å². The standard InChI is InChI=1S/C16H12N2S2/c1-3-7-13(8-4-1)19-15-16(18-12-11-17-15)20-14-9-5-2-6-10-14/h1-12H. The van der Waals surface area contributed by atoms with Gasteiger partial charge in [-0.3, -0.25) is 0 Å². The van der Waals surface area contributed by atoms with E-state index in [1.807, 2.05) is 36.4 Å². The fraction of sp³-hybridized carbons (Fsp3) is 0. The molecule has 0 unspecified atom stereocenters. The van der Waals surface area contributed by atoms with Gasteiger partial charge in [-0.25, -0.2) is 9.97 Å². The van der Waals surface area contributed by atoms with Crippen molar-refractivity contribution in [3.8, 4) is 0 Å². The second kappa shape index (κ2) is 6.59. The Morgan fingerprint density at radius 3 is 1.35 bits per heavy atom. The van der Waals surface area contributed by atoms with Crippen LogP contribution in [0.2, 0.25) is 0 Å². The van der Waals surface area contributed by atoms with Crippen molar-refractivity contribution in [3.63, 3.8) is 0 Å². The second-order valence-corrected chi connectivity index (χ2v) is 6.12. The second-order valence-electron chi connectivity index (χ2n) is 4.00. The number of rotatable bonds is 4. The molecule has 4 heteroatoms. The molecular formula is C16H12N2S2. The number of hydrogen-bond donors (Lipinski definition) is 0. The summed E-state index contributed by atoms with van der Waals surface area (Å²) in [7, 11) is 0. The molecule has 0 spiro atoms. The minimum atomic E-state index is 0.938. The molecule has 1 heterocycles. The molecule has 0 saturated heterocycles. The molecule has 98 valence electrons. The SMILES string of the molecule is c1ccc(Sc2nccnc2Sc2ccccc2)cc1. The third-order valence-corrected chi connectivity index (χ3v) is 4.68. The topological polar surface area (TPSA) is 25.8 Å². The lowest BCUT2D eigenvalue weighted by atomic mass is 10.4. The van der Waals surface area contributed by atoms with Gasteiger partial charge in [0.1, 0.15) is 10.1 Å². The van der Waals surface area contributed by atoms with Gasteiger partial charge in [0.05, 0.1) is 0 Å². The third kappa shape index (κ3) is 3.40. The van der Waals surface area contributed by atoms with Crippen molar-refractivity contribution in [2.24, 2.45) is 0 Å². The van der Waals surface area contributed by atoms with Crippen LogP contribution in [0.1, 0.15) is 0 Å². The van der Waals surface area contributed by atoms with Crippen LogP contribution in [0.5, 0.6) is 0 Å². The Hall–Kier alpha value is -1.78. The summed E-state index contributed by atoms with van der Waals surface area (Å²) in [6.07, 6.45) is 3.47. The van der Waals surface area contributed by atoms with Gasteiger partial charge in [0.15, 0.2) is 0 Å². The third-order valence-electron chi connectivity index (χ3n) is 2.55. The predicted molar refractivity (Wildman–Crippen MR) is 83.2 cm³/mol. The number of aromatic nitrogens is 2. The summed E-state index contributed by atoms with van der Waals surface area (Å²) < 4.78 is 0. The molecule has 3 aromatic rings. The molecule has 0 aliphatic carbocycles. The molecule has 20 heavy (non-hydrogen) atoms. The van der Waals surface area contributed by atoms with Gasteiger partial charge in [0.2, 0.25) is 0 Å². The van der Waals surface area contributed by atoms with E-state index in [4.69, 9.17) is 0 Å². The van der Waals surface area contributed by atoms with Crippen LogP contribution in [0.25, 0.3) is 0 Å². The van der Waals surface area contributed by atoms with Crippen molar-refractivity contribution in [2.45, 2.75) is 19.8 Å². The summed E-state index contributed by atoms with van der Waals surface area (Å²) >= 11 is 3.28. The molecule has 2 aromatic carbocycles. The Kier molecular flexibility index (Phi) is 4.35. The first-order valence-electron chi connectivity index (χ1n) is 6.18. The zero-order valence-electron chi connectivity index (χ0n) is 10.6. The van der Waals surface area contributed by atoms with Crippen molar-refractivity contribution >= 4 is 23.5 Å². The molecule has 0 aliphatic rings. The van der Waals surface area contributed by atoms with Gasteiger partial charge in [-0.2, -0.15) is 0 Å². The van der Waals surface area contributed by atoms with Gasteiger partial charge in [-0.15, -0.1) is 0 Å². The first-order valence-corrected chi connectivity index (χ1v) is 7.82. The lowest BCUT2D eigenvalue weighted by molar-refractivity contribution is 0.919. The maximum absolute atomic E-state index is 4.45. The summed E-state index contributed by atoms with van der Waals surface area (Å²) in [5, 5.41) is 1.88. The Labute approximate surface area is 126 Å². The molecule has 0 bridgehead atoms. The van der Waals surface area contributed by atoms with Crippen molar-refractivity contribution in [3.05, 3.63) is 73.1 Å². The zero-order valence-corrected chi connectivity index (χ0v) is 12.3. The summed E-state index contributed by atoms with van der Waals surface area (Å²) in [4.78, 5) is 11.2. The van der Waals surface area contributed by atoms with Gasteiger partial charge >= 0.3 is 0 Å². The van der Waals surface area contributed by atoms with E-state index >= 15 is 0 Å². The molecule has 0 fully saturated rings. The molecule has 0 atom stereocenters. The fourth-order valence-electron chi connectivity index (χ4n) is 1.65. The molecule has 0 aliphatic heterocycles. The Morgan fingerprint density at radius 1 is 0.550 bits per heavy atom. The normalized spacial score (nSPS) is 10.4. The fourth-order valence-corrected chi connectivity index (χ4v) is 3.44. The number of nitrogens with zero attached hydrogens (tertiary/aromatic N) is 2. The first-order chi connectivity index (χ1) is 9.92. The van der Waals surface area contributed by atoms with E-state index in [0.29, 0.717) is 0 Å². The highest BCUT2D eigenvalue weighted by Crippen LogP contribution is 2.35. The van der Waals surface area contributed by atoms with Gasteiger partial charge < -0.3 is 0 Å². The van der Waals surface area contributed by atoms with Crippen LogP contribution in [0.15, 0.2) is 92.9 Å². The molecule has 3 rings (SSSR count). The van der Waals surface area contributed by atoms with E-state index in [2.05, 4.69) is 34.2 Å². The molecule has 1 aromatic heterocycles. The summed E-state index contributed by atoms with van der Waals surface area (Å²) in [6.45, 7) is 0. The summed E-state index contributed by atoms with van der Waals surface area (Å²) in [5.41, 5.74) is 0. The van der Waals surface area contributed by atoms with Gasteiger partial charge in [-0.1, -0.05) is 59.9 Å². The van der Waals surface area contributed by atoms with Crippen LogP contribution in [0, 0.1) is 0 Å². The van der Waals surface area contributed by atoms with Crippen LogP contribution in [0.4, 0.5) is 0 Å². The minimum absolute atomic E-state index is 0.938. The summed E-state index contributed by atoms with van der Waals surface area (Å²) in [5.74, 6) is 0. The molecule has 0 radical (unpaired) electrons. The van der Waals surface area contributed by atoms with Gasteiger partial charge in [0, 0.05) is 22.2 Å². The van der Waals surface area contributed by atoms with Crippen LogP contribution >= 0.6 is 23.5 Å². The minimum Gasteiger partial charge on any atom is -0.245 e. The van der Waals surface area contributed by atoms with Crippen LogP contribution in [-0.4, -0.2) is 9.97 Å².